The number of rotatable bonds is 3. The average molecular weight is 361 g/mol. The van der Waals surface area contributed by atoms with Gasteiger partial charge in [0.05, 0.1) is 18.2 Å². The van der Waals surface area contributed by atoms with Gasteiger partial charge in [-0.05, 0) is 71.1 Å². The molecule has 0 spiro atoms. The van der Waals surface area contributed by atoms with Crippen LogP contribution in [-0.2, 0) is 4.74 Å². The van der Waals surface area contributed by atoms with Crippen LogP contribution in [0.3, 0.4) is 0 Å². The minimum Gasteiger partial charge on any atom is -0.493 e. The van der Waals surface area contributed by atoms with Gasteiger partial charge in [0.1, 0.15) is 17.2 Å². The van der Waals surface area contributed by atoms with Gasteiger partial charge in [-0.2, -0.15) is 0 Å². The second kappa shape index (κ2) is 7.29. The van der Waals surface area contributed by atoms with Gasteiger partial charge in [-0.3, -0.25) is 4.90 Å². The lowest BCUT2D eigenvalue weighted by Gasteiger charge is -2.45. The Kier molecular flexibility index (Phi) is 5.26. The molecule has 2 unspecified atom stereocenters. The Morgan fingerprint density at radius 3 is 2.73 bits per heavy atom. The Bertz CT molecular complexity index is 708. The van der Waals surface area contributed by atoms with E-state index in [1.165, 1.54) is 6.07 Å². The summed E-state index contributed by atoms with van der Waals surface area (Å²) in [7, 11) is 0. The zero-order valence-electron chi connectivity index (χ0n) is 16.0. The predicted molar refractivity (Wildman–Crippen MR) is 99.7 cm³/mol. The maximum atomic E-state index is 14.6. The van der Waals surface area contributed by atoms with Gasteiger partial charge in [-0.25, -0.2) is 9.18 Å². The standard InChI is InChI=1S/C21H28FNO3/c1-5-25-18-11-7-10-17(22)19(18)14-12-15-8-6-9-16(13-14)23(15)20(24)26-21(2,3)4/h7,10-12,15-16H,5-6,8-9,13H2,1-4H3. The van der Waals surface area contributed by atoms with E-state index in [1.54, 1.807) is 12.1 Å². The number of hydrogen-bond acceptors (Lipinski definition) is 3. The molecule has 5 heteroatoms. The summed E-state index contributed by atoms with van der Waals surface area (Å²) in [6.07, 6.45) is 5.22. The number of carbonyl (C=O) groups is 1. The normalized spacial score (nSPS) is 22.7. The van der Waals surface area contributed by atoms with Crippen molar-refractivity contribution in [3.05, 3.63) is 35.7 Å². The number of hydrogen-bond donors (Lipinski definition) is 0. The Labute approximate surface area is 155 Å². The molecule has 0 radical (unpaired) electrons. The molecule has 4 nitrogen and oxygen atoms in total. The number of fused-ring (bicyclic) bond motifs is 2. The summed E-state index contributed by atoms with van der Waals surface area (Å²) in [6, 6.07) is 4.92. The zero-order chi connectivity index (χ0) is 18.9. The van der Waals surface area contributed by atoms with Crippen LogP contribution in [0.15, 0.2) is 24.3 Å². The first-order valence-corrected chi connectivity index (χ1v) is 9.44. The molecule has 1 saturated heterocycles. The van der Waals surface area contributed by atoms with E-state index >= 15 is 0 Å². The lowest BCUT2D eigenvalue weighted by Crippen LogP contribution is -2.53. The van der Waals surface area contributed by atoms with Crippen molar-refractivity contribution in [2.24, 2.45) is 0 Å². The average Bonchev–Trinajstić information content (AvgIpc) is 2.52. The SMILES string of the molecule is CCOc1cccc(F)c1C1=CC2CCCC(C1)N2C(=O)OC(C)(C)C. The second-order valence-electron chi connectivity index (χ2n) is 7.98. The highest BCUT2D eigenvalue weighted by molar-refractivity contribution is 5.77. The van der Waals surface area contributed by atoms with Gasteiger partial charge in [0.2, 0.25) is 0 Å². The Morgan fingerprint density at radius 1 is 1.31 bits per heavy atom. The highest BCUT2D eigenvalue weighted by Gasteiger charge is 2.40. The molecule has 1 aromatic carbocycles. The summed E-state index contributed by atoms with van der Waals surface area (Å²) >= 11 is 0. The summed E-state index contributed by atoms with van der Waals surface area (Å²) in [4.78, 5) is 14.5. The first-order valence-electron chi connectivity index (χ1n) is 9.44. The van der Waals surface area contributed by atoms with Crippen LogP contribution in [-0.4, -0.2) is 35.3 Å². The van der Waals surface area contributed by atoms with E-state index in [2.05, 4.69) is 0 Å². The summed E-state index contributed by atoms with van der Waals surface area (Å²) in [5.74, 6) is 0.300. The third-order valence-electron chi connectivity index (χ3n) is 4.84. The third kappa shape index (κ3) is 3.87. The van der Waals surface area contributed by atoms with Crippen LogP contribution in [0.4, 0.5) is 9.18 Å². The molecule has 2 bridgehead atoms. The molecule has 1 amide bonds. The van der Waals surface area contributed by atoms with Crippen molar-refractivity contribution >= 4 is 11.7 Å². The van der Waals surface area contributed by atoms with Gasteiger partial charge in [-0.1, -0.05) is 12.1 Å². The first-order chi connectivity index (χ1) is 12.3. The maximum Gasteiger partial charge on any atom is 0.411 e. The van der Waals surface area contributed by atoms with Crippen molar-refractivity contribution in [1.29, 1.82) is 0 Å². The fraction of sp³-hybridized carbons (Fsp3) is 0.571. The van der Waals surface area contributed by atoms with Crippen LogP contribution in [0.25, 0.3) is 5.57 Å². The Hall–Kier alpha value is -2.04. The van der Waals surface area contributed by atoms with Crippen LogP contribution in [0.5, 0.6) is 5.75 Å². The van der Waals surface area contributed by atoms with Gasteiger partial charge in [-0.15, -0.1) is 0 Å². The number of piperidine rings is 1. The lowest BCUT2D eigenvalue weighted by atomic mass is 9.82. The minimum absolute atomic E-state index is 0.0395. The number of nitrogens with zero attached hydrogens (tertiary/aromatic N) is 1. The summed E-state index contributed by atoms with van der Waals surface area (Å²) < 4.78 is 25.8. The molecule has 1 fully saturated rings. The molecular formula is C21H28FNO3. The van der Waals surface area contributed by atoms with Gasteiger partial charge >= 0.3 is 6.09 Å². The molecule has 2 aliphatic rings. The quantitative estimate of drug-likeness (QED) is 0.745. The van der Waals surface area contributed by atoms with E-state index in [0.717, 1.165) is 24.8 Å². The van der Waals surface area contributed by atoms with Gasteiger partial charge in [0.15, 0.2) is 0 Å². The highest BCUT2D eigenvalue weighted by atomic mass is 19.1. The van der Waals surface area contributed by atoms with Crippen molar-refractivity contribution in [3.8, 4) is 5.75 Å². The van der Waals surface area contributed by atoms with E-state index in [-0.39, 0.29) is 24.0 Å². The minimum atomic E-state index is -0.525. The topological polar surface area (TPSA) is 38.8 Å². The monoisotopic (exact) mass is 361 g/mol. The van der Waals surface area contributed by atoms with E-state index in [4.69, 9.17) is 9.47 Å². The molecule has 2 aliphatic heterocycles. The molecule has 0 aliphatic carbocycles. The Balaban J connectivity index is 1.93. The molecular weight excluding hydrogens is 333 g/mol. The number of carbonyl (C=O) groups excluding carboxylic acids is 1. The van der Waals surface area contributed by atoms with E-state index in [1.807, 2.05) is 38.7 Å². The van der Waals surface area contributed by atoms with Crippen LogP contribution in [0, 0.1) is 5.82 Å². The van der Waals surface area contributed by atoms with Gasteiger partial charge in [0.25, 0.3) is 0 Å². The highest BCUT2D eigenvalue weighted by Crippen LogP contribution is 2.41. The summed E-state index contributed by atoms with van der Waals surface area (Å²) in [6.45, 7) is 8.00. The van der Waals surface area contributed by atoms with Gasteiger partial charge < -0.3 is 9.47 Å². The summed E-state index contributed by atoms with van der Waals surface area (Å²) in [5.41, 5.74) is 0.944. The fourth-order valence-corrected chi connectivity index (χ4v) is 3.91. The fourth-order valence-electron chi connectivity index (χ4n) is 3.91. The van der Waals surface area contributed by atoms with Crippen molar-refractivity contribution in [2.45, 2.75) is 71.1 Å². The lowest BCUT2D eigenvalue weighted by molar-refractivity contribution is 0.0000742. The smallest absolute Gasteiger partial charge is 0.411 e. The Morgan fingerprint density at radius 2 is 2.08 bits per heavy atom. The van der Waals surface area contributed by atoms with Gasteiger partial charge in [0, 0.05) is 6.04 Å². The van der Waals surface area contributed by atoms with Crippen molar-refractivity contribution < 1.29 is 18.7 Å². The summed E-state index contributed by atoms with van der Waals surface area (Å²) in [5, 5.41) is 0. The molecule has 26 heavy (non-hydrogen) atoms. The third-order valence-corrected chi connectivity index (χ3v) is 4.84. The first kappa shape index (κ1) is 18.7. The zero-order valence-corrected chi connectivity index (χ0v) is 16.0. The number of amides is 1. The molecule has 142 valence electrons. The van der Waals surface area contributed by atoms with Crippen LogP contribution >= 0.6 is 0 Å². The molecule has 0 N–H and O–H groups in total. The molecule has 0 aromatic heterocycles. The van der Waals surface area contributed by atoms with Crippen LogP contribution < -0.4 is 4.74 Å². The number of halogens is 1. The molecule has 3 rings (SSSR count). The predicted octanol–water partition coefficient (Wildman–Crippen LogP) is 5.17. The maximum absolute atomic E-state index is 14.6. The van der Waals surface area contributed by atoms with Crippen molar-refractivity contribution in [2.75, 3.05) is 6.61 Å². The second-order valence-corrected chi connectivity index (χ2v) is 7.98. The molecule has 2 atom stereocenters. The van der Waals surface area contributed by atoms with E-state index in [9.17, 15) is 9.18 Å². The molecule has 2 heterocycles. The molecule has 1 aromatic rings. The largest absolute Gasteiger partial charge is 0.493 e. The van der Waals surface area contributed by atoms with Crippen molar-refractivity contribution in [1.82, 2.24) is 4.90 Å². The van der Waals surface area contributed by atoms with E-state index < -0.39 is 5.60 Å². The number of benzene rings is 1. The van der Waals surface area contributed by atoms with Crippen LogP contribution in [0.2, 0.25) is 0 Å². The number of ether oxygens (including phenoxy) is 2. The van der Waals surface area contributed by atoms with E-state index in [0.29, 0.717) is 24.3 Å². The molecule has 0 saturated carbocycles. The van der Waals surface area contributed by atoms with Crippen molar-refractivity contribution in [3.63, 3.8) is 0 Å². The van der Waals surface area contributed by atoms with Crippen LogP contribution in [0.1, 0.15) is 58.9 Å².